The Kier molecular flexibility index (Phi) is 3.67. The topological polar surface area (TPSA) is 45.2 Å². The maximum absolute atomic E-state index is 13.4. The van der Waals surface area contributed by atoms with Gasteiger partial charge >= 0.3 is 0 Å². The molecule has 0 saturated heterocycles. The van der Waals surface area contributed by atoms with Crippen LogP contribution >= 0.6 is 0 Å². The highest BCUT2D eigenvalue weighted by Crippen LogP contribution is 2.13. The van der Waals surface area contributed by atoms with Crippen molar-refractivity contribution in [3.8, 4) is 0 Å². The molecule has 0 unspecified atom stereocenters. The first-order valence-corrected chi connectivity index (χ1v) is 5.33. The van der Waals surface area contributed by atoms with Crippen LogP contribution in [-0.4, -0.2) is 10.1 Å². The van der Waals surface area contributed by atoms with Crippen molar-refractivity contribution < 1.29 is 9.50 Å². The number of aliphatic hydroxyl groups is 1. The third kappa shape index (κ3) is 2.79. The zero-order valence-corrected chi connectivity index (χ0v) is 9.23. The van der Waals surface area contributed by atoms with E-state index in [9.17, 15) is 4.39 Å². The van der Waals surface area contributed by atoms with Gasteiger partial charge in [-0.15, -0.1) is 0 Å². The minimum atomic E-state index is -0.249. The molecule has 0 radical (unpaired) electrons. The average Bonchev–Trinajstić information content (AvgIpc) is 2.38. The number of halogens is 1. The molecule has 0 atom stereocenters. The van der Waals surface area contributed by atoms with Gasteiger partial charge in [0.2, 0.25) is 0 Å². The van der Waals surface area contributed by atoms with Crippen LogP contribution in [0.4, 0.5) is 10.2 Å². The maximum Gasteiger partial charge on any atom is 0.131 e. The van der Waals surface area contributed by atoms with Gasteiger partial charge in [-0.2, -0.15) is 0 Å². The Bertz CT molecular complexity index is 502. The van der Waals surface area contributed by atoms with E-state index < -0.39 is 0 Å². The summed E-state index contributed by atoms with van der Waals surface area (Å²) in [5, 5.41) is 12.1. The summed E-state index contributed by atoms with van der Waals surface area (Å²) in [5.41, 5.74) is 1.27. The SMILES string of the molecule is OCc1cccnc1NCc1ccccc1F. The number of nitrogens with one attached hydrogen (secondary N) is 1. The number of hydrogen-bond acceptors (Lipinski definition) is 3. The summed E-state index contributed by atoms with van der Waals surface area (Å²) in [5.74, 6) is 0.333. The molecule has 0 aliphatic rings. The minimum Gasteiger partial charge on any atom is -0.392 e. The van der Waals surface area contributed by atoms with Gasteiger partial charge in [-0.1, -0.05) is 24.3 Å². The minimum absolute atomic E-state index is 0.0898. The number of pyridine rings is 1. The fourth-order valence-electron chi connectivity index (χ4n) is 1.55. The molecule has 1 heterocycles. The predicted octanol–water partition coefficient (Wildman–Crippen LogP) is 2.33. The Balaban J connectivity index is 2.10. The van der Waals surface area contributed by atoms with Crippen LogP contribution in [0.2, 0.25) is 0 Å². The number of nitrogens with zero attached hydrogens (tertiary/aromatic N) is 1. The van der Waals surface area contributed by atoms with E-state index in [1.807, 2.05) is 0 Å². The van der Waals surface area contributed by atoms with Gasteiger partial charge in [0.1, 0.15) is 11.6 Å². The van der Waals surface area contributed by atoms with Crippen LogP contribution in [0.15, 0.2) is 42.6 Å². The zero-order valence-electron chi connectivity index (χ0n) is 9.23. The fourth-order valence-corrected chi connectivity index (χ4v) is 1.55. The molecule has 0 spiro atoms. The van der Waals surface area contributed by atoms with Crippen molar-refractivity contribution in [3.63, 3.8) is 0 Å². The van der Waals surface area contributed by atoms with Gasteiger partial charge in [-0.3, -0.25) is 0 Å². The summed E-state index contributed by atoms with van der Waals surface area (Å²) in [7, 11) is 0. The van der Waals surface area contributed by atoms with Crippen molar-refractivity contribution >= 4 is 5.82 Å². The highest BCUT2D eigenvalue weighted by molar-refractivity contribution is 5.43. The molecule has 4 heteroatoms. The van der Waals surface area contributed by atoms with Gasteiger partial charge in [0, 0.05) is 23.9 Å². The van der Waals surface area contributed by atoms with Crippen molar-refractivity contribution in [1.82, 2.24) is 4.98 Å². The molecule has 0 saturated carbocycles. The Labute approximate surface area is 98.9 Å². The van der Waals surface area contributed by atoms with Crippen LogP contribution in [-0.2, 0) is 13.2 Å². The number of aromatic nitrogens is 1. The molecule has 0 aliphatic carbocycles. The summed E-state index contributed by atoms with van der Waals surface area (Å²) in [4.78, 5) is 4.10. The summed E-state index contributed by atoms with van der Waals surface area (Å²) in [6.45, 7) is 0.254. The van der Waals surface area contributed by atoms with E-state index in [-0.39, 0.29) is 12.4 Å². The molecule has 0 bridgehead atoms. The molecular weight excluding hydrogens is 219 g/mol. The van der Waals surface area contributed by atoms with Crippen molar-refractivity contribution in [2.75, 3.05) is 5.32 Å². The molecule has 0 aliphatic heterocycles. The first kappa shape index (κ1) is 11.5. The lowest BCUT2D eigenvalue weighted by molar-refractivity contribution is 0.282. The molecule has 2 aromatic rings. The lowest BCUT2D eigenvalue weighted by Gasteiger charge is -2.09. The summed E-state index contributed by atoms with van der Waals surface area (Å²) in [6.07, 6.45) is 1.63. The van der Waals surface area contributed by atoms with Gasteiger partial charge in [-0.25, -0.2) is 9.37 Å². The Morgan fingerprint density at radius 3 is 2.65 bits per heavy atom. The van der Waals surface area contributed by atoms with Gasteiger partial charge in [0.05, 0.1) is 6.61 Å². The molecule has 3 nitrogen and oxygen atoms in total. The highest BCUT2D eigenvalue weighted by Gasteiger charge is 2.04. The first-order chi connectivity index (χ1) is 8.31. The summed E-state index contributed by atoms with van der Waals surface area (Å²) < 4.78 is 13.4. The second-order valence-corrected chi connectivity index (χ2v) is 3.61. The third-order valence-corrected chi connectivity index (χ3v) is 2.47. The number of aliphatic hydroxyl groups excluding tert-OH is 1. The maximum atomic E-state index is 13.4. The molecule has 2 rings (SSSR count). The van der Waals surface area contributed by atoms with Crippen molar-refractivity contribution in [1.29, 1.82) is 0 Å². The average molecular weight is 232 g/mol. The van der Waals surface area contributed by atoms with E-state index >= 15 is 0 Å². The molecule has 2 N–H and O–H groups in total. The second kappa shape index (κ2) is 5.41. The predicted molar refractivity (Wildman–Crippen MR) is 63.9 cm³/mol. The van der Waals surface area contributed by atoms with Crippen LogP contribution in [0.5, 0.6) is 0 Å². The van der Waals surface area contributed by atoms with Gasteiger partial charge in [-0.05, 0) is 12.1 Å². The summed E-state index contributed by atoms with van der Waals surface area (Å²) >= 11 is 0. The van der Waals surface area contributed by atoms with E-state index in [1.165, 1.54) is 6.07 Å². The molecule has 0 amide bonds. The second-order valence-electron chi connectivity index (χ2n) is 3.61. The smallest absolute Gasteiger partial charge is 0.131 e. The molecule has 1 aromatic heterocycles. The fraction of sp³-hybridized carbons (Fsp3) is 0.154. The van der Waals surface area contributed by atoms with E-state index in [0.717, 1.165) is 0 Å². The molecular formula is C13H13FN2O. The van der Waals surface area contributed by atoms with Crippen molar-refractivity contribution in [3.05, 3.63) is 59.5 Å². The van der Waals surface area contributed by atoms with Crippen LogP contribution in [0.3, 0.4) is 0 Å². The van der Waals surface area contributed by atoms with E-state index in [0.29, 0.717) is 23.5 Å². The van der Waals surface area contributed by atoms with E-state index in [2.05, 4.69) is 10.3 Å². The first-order valence-electron chi connectivity index (χ1n) is 5.33. The zero-order chi connectivity index (χ0) is 12.1. The van der Waals surface area contributed by atoms with Crippen molar-refractivity contribution in [2.24, 2.45) is 0 Å². The molecule has 88 valence electrons. The van der Waals surface area contributed by atoms with Crippen LogP contribution < -0.4 is 5.32 Å². The summed E-state index contributed by atoms with van der Waals surface area (Å²) in [6, 6.07) is 10.1. The quantitative estimate of drug-likeness (QED) is 0.850. The lowest BCUT2D eigenvalue weighted by atomic mass is 10.2. The number of anilines is 1. The van der Waals surface area contributed by atoms with E-state index in [4.69, 9.17) is 5.11 Å². The van der Waals surface area contributed by atoms with Crippen LogP contribution in [0, 0.1) is 5.82 Å². The largest absolute Gasteiger partial charge is 0.392 e. The number of benzene rings is 1. The van der Waals surface area contributed by atoms with Gasteiger partial charge in [0.15, 0.2) is 0 Å². The molecule has 17 heavy (non-hydrogen) atoms. The molecule has 0 fully saturated rings. The Hall–Kier alpha value is -1.94. The standard InChI is InChI=1S/C13H13FN2O/c14-12-6-2-1-4-10(12)8-16-13-11(9-17)5-3-7-15-13/h1-7,17H,8-9H2,(H,15,16). The number of rotatable bonds is 4. The Morgan fingerprint density at radius 1 is 1.12 bits per heavy atom. The third-order valence-electron chi connectivity index (χ3n) is 2.47. The lowest BCUT2D eigenvalue weighted by Crippen LogP contribution is -2.05. The number of hydrogen-bond donors (Lipinski definition) is 2. The van der Waals surface area contributed by atoms with E-state index in [1.54, 1.807) is 36.5 Å². The van der Waals surface area contributed by atoms with Crippen LogP contribution in [0.25, 0.3) is 0 Å². The highest BCUT2D eigenvalue weighted by atomic mass is 19.1. The normalized spacial score (nSPS) is 10.2. The molecule has 1 aromatic carbocycles. The van der Waals surface area contributed by atoms with Crippen molar-refractivity contribution in [2.45, 2.75) is 13.2 Å². The monoisotopic (exact) mass is 232 g/mol. The van der Waals surface area contributed by atoms with Gasteiger partial charge in [0.25, 0.3) is 0 Å². The Morgan fingerprint density at radius 2 is 1.88 bits per heavy atom. The van der Waals surface area contributed by atoms with Gasteiger partial charge < -0.3 is 10.4 Å². The van der Waals surface area contributed by atoms with Crippen LogP contribution in [0.1, 0.15) is 11.1 Å².